The number of hydrogen-bond donors (Lipinski definition) is 6. The van der Waals surface area contributed by atoms with Crippen molar-refractivity contribution in [3.8, 4) is 17.2 Å². The first-order valence-electron chi connectivity index (χ1n) is 12.4. The normalized spacial score (nSPS) is 27.7. The predicted octanol–water partition coefficient (Wildman–Crippen LogP) is 0.689. The van der Waals surface area contributed by atoms with Gasteiger partial charge in [-0.25, -0.2) is 0 Å². The summed E-state index contributed by atoms with van der Waals surface area (Å²) in [5.74, 6) is -3.77. The van der Waals surface area contributed by atoms with E-state index in [1.54, 1.807) is 6.92 Å². The standard InChI is InChI=1S/C27H29NO11.2ClH.Mg.2H/c1-10-22(31)13(28)6-17(38-10)39-15-8-27(36,16(30)9-29)7-12-19(15)26(35)21-20(24(12)33)23(32)11-4-3-5-14(37-2)18(11)25(21)34;;;;;/h3-5,10,13,15,17,22,29,31,33,35-36H,6-9,28H2,1-2H3;2*1H;;;/q;;;+2;2*-1/t10-,13-,15-,17-,22+,27-;;;;;/m0...../s1. The Balaban J connectivity index is 0.00000370. The Labute approximate surface area is 272 Å². The van der Waals surface area contributed by atoms with Gasteiger partial charge in [0, 0.05) is 42.0 Å². The van der Waals surface area contributed by atoms with E-state index in [-0.39, 0.29) is 85.1 Å². The van der Waals surface area contributed by atoms with Crippen LogP contribution < -0.4 is 10.5 Å². The number of ketones is 3. The van der Waals surface area contributed by atoms with E-state index >= 15 is 0 Å². The van der Waals surface area contributed by atoms with Gasteiger partial charge in [0.1, 0.15) is 29.5 Å². The van der Waals surface area contributed by atoms with Crippen LogP contribution >= 0.6 is 24.8 Å². The number of aromatic hydroxyl groups is 2. The monoisotopic (exact) mass is 641 g/mol. The van der Waals surface area contributed by atoms with Crippen LogP contribution in [0.15, 0.2) is 18.2 Å². The molecule has 0 unspecified atom stereocenters. The minimum Gasteiger partial charge on any atom is -1.00 e. The molecule has 0 radical (unpaired) electrons. The van der Waals surface area contributed by atoms with Crippen LogP contribution in [0.25, 0.3) is 0 Å². The molecule has 2 aliphatic carbocycles. The summed E-state index contributed by atoms with van der Waals surface area (Å²) >= 11 is 0. The molecule has 1 aliphatic heterocycles. The van der Waals surface area contributed by atoms with Gasteiger partial charge in [0.25, 0.3) is 0 Å². The third-order valence-electron chi connectivity index (χ3n) is 7.81. The molecular weight excluding hydrogens is 610 g/mol. The van der Waals surface area contributed by atoms with Crippen molar-refractivity contribution in [3.63, 3.8) is 0 Å². The molecule has 15 heteroatoms. The molecule has 0 saturated carbocycles. The summed E-state index contributed by atoms with van der Waals surface area (Å²) in [5, 5.41) is 53.7. The van der Waals surface area contributed by atoms with Crippen LogP contribution in [0.4, 0.5) is 0 Å². The molecule has 2 aromatic rings. The minimum atomic E-state index is -2.24. The van der Waals surface area contributed by atoms with Gasteiger partial charge in [0.05, 0.1) is 42.1 Å². The van der Waals surface area contributed by atoms with E-state index < -0.39 is 95.7 Å². The van der Waals surface area contributed by atoms with Gasteiger partial charge in [-0.2, -0.15) is 0 Å². The second kappa shape index (κ2) is 13.3. The van der Waals surface area contributed by atoms with Crippen LogP contribution in [0.2, 0.25) is 0 Å². The van der Waals surface area contributed by atoms with E-state index in [4.69, 9.17) is 19.9 Å². The Morgan fingerprint density at radius 2 is 1.79 bits per heavy atom. The van der Waals surface area contributed by atoms with Crippen LogP contribution in [-0.2, 0) is 20.7 Å². The van der Waals surface area contributed by atoms with Gasteiger partial charge in [-0.1, -0.05) is 12.1 Å². The predicted molar refractivity (Wildman–Crippen MR) is 154 cm³/mol. The number of methoxy groups -OCH3 is 1. The van der Waals surface area contributed by atoms with Gasteiger partial charge in [-0.05, 0) is 13.0 Å². The fourth-order valence-corrected chi connectivity index (χ4v) is 5.75. The number of carbonyl (C=O) groups excluding carboxylic acids is 3. The van der Waals surface area contributed by atoms with Gasteiger partial charge < -0.3 is 48.3 Å². The molecule has 228 valence electrons. The molecule has 2 aromatic carbocycles. The quantitative estimate of drug-likeness (QED) is 0.168. The molecule has 3 aliphatic rings. The Kier molecular flexibility index (Phi) is 11.4. The molecule has 0 bridgehead atoms. The molecule has 1 heterocycles. The van der Waals surface area contributed by atoms with Gasteiger partial charge in [0.15, 0.2) is 17.9 Å². The summed E-state index contributed by atoms with van der Waals surface area (Å²) in [6, 6.07) is 3.64. The van der Waals surface area contributed by atoms with Crippen LogP contribution in [0, 0.1) is 0 Å². The molecule has 42 heavy (non-hydrogen) atoms. The average Bonchev–Trinajstić information content (AvgIpc) is 2.90. The number of halogens is 2. The van der Waals surface area contributed by atoms with E-state index in [1.807, 2.05) is 0 Å². The fraction of sp³-hybridized carbons (Fsp3) is 0.444. The van der Waals surface area contributed by atoms with Crippen molar-refractivity contribution in [2.24, 2.45) is 5.73 Å². The number of Topliss-reactive ketones (excluding diaryl/α,β-unsaturated/α-hetero) is 1. The zero-order valence-electron chi connectivity index (χ0n) is 24.7. The first kappa shape index (κ1) is 36.1. The van der Waals surface area contributed by atoms with Crippen molar-refractivity contribution in [2.45, 2.75) is 62.4 Å². The van der Waals surface area contributed by atoms with Gasteiger partial charge in [-0.15, -0.1) is 24.8 Å². The summed E-state index contributed by atoms with van der Waals surface area (Å²) < 4.78 is 17.0. The number of hydrogen-bond acceptors (Lipinski definition) is 12. The van der Waals surface area contributed by atoms with E-state index in [0.717, 1.165) is 0 Å². The maximum absolute atomic E-state index is 13.6. The molecule has 7 N–H and O–H groups in total. The Hall–Kier alpha value is -2.04. The molecule has 0 amide bonds. The van der Waals surface area contributed by atoms with Crippen LogP contribution in [0.1, 0.15) is 71.7 Å². The smallest absolute Gasteiger partial charge is 1.00 e. The Morgan fingerprint density at radius 1 is 1.14 bits per heavy atom. The summed E-state index contributed by atoms with van der Waals surface area (Å²) in [7, 11) is 1.32. The first-order valence-corrected chi connectivity index (χ1v) is 12.4. The number of aliphatic hydroxyl groups excluding tert-OH is 2. The van der Waals surface area contributed by atoms with Crippen molar-refractivity contribution in [2.75, 3.05) is 13.7 Å². The number of benzene rings is 2. The first-order chi connectivity index (χ1) is 18.4. The molecular formula is C27H33Cl2MgNO11. The molecule has 1 saturated heterocycles. The average molecular weight is 643 g/mol. The van der Waals surface area contributed by atoms with Gasteiger partial charge in [0.2, 0.25) is 5.78 Å². The third-order valence-corrected chi connectivity index (χ3v) is 7.81. The summed E-state index contributed by atoms with van der Waals surface area (Å²) in [5.41, 5.74) is 2.37. The van der Waals surface area contributed by atoms with E-state index in [0.29, 0.717) is 0 Å². The number of phenols is 2. The topological polar surface area (TPSA) is 206 Å². The number of fused-ring (bicyclic) bond motifs is 3. The van der Waals surface area contributed by atoms with Crippen molar-refractivity contribution in [1.29, 1.82) is 0 Å². The second-order valence-corrected chi connectivity index (χ2v) is 10.2. The number of carbonyl (C=O) groups is 3. The molecule has 1 fully saturated rings. The van der Waals surface area contributed by atoms with Crippen LogP contribution in [0.5, 0.6) is 17.2 Å². The third kappa shape index (κ3) is 5.63. The van der Waals surface area contributed by atoms with Crippen LogP contribution in [-0.4, -0.2) is 110 Å². The SMILES string of the molecule is COc1cccc2c1C(=O)c1c(O)c3c(c(O)c1C2=O)C[C@@](O)(C(=O)CO)C[C@@H]3O[C@H]1C[C@H](N)[C@H](O)[C@H](C)O1.Cl.Cl.[H-].[H-].[Mg+2]. The Morgan fingerprint density at radius 3 is 2.38 bits per heavy atom. The van der Waals surface area contributed by atoms with Crippen molar-refractivity contribution in [3.05, 3.63) is 51.6 Å². The van der Waals surface area contributed by atoms with Gasteiger partial charge >= 0.3 is 23.1 Å². The number of phenolic OH excluding ortho intramolecular Hbond substituents is 2. The zero-order valence-corrected chi connectivity index (χ0v) is 25.8. The summed E-state index contributed by atoms with van der Waals surface area (Å²) in [6.45, 7) is 0.560. The molecule has 0 spiro atoms. The fourth-order valence-electron chi connectivity index (χ4n) is 5.75. The summed E-state index contributed by atoms with van der Waals surface area (Å²) in [4.78, 5) is 39.7. The van der Waals surface area contributed by atoms with Crippen molar-refractivity contribution >= 4 is 65.2 Å². The van der Waals surface area contributed by atoms with Gasteiger partial charge in [-0.3, -0.25) is 14.4 Å². The minimum absolute atomic E-state index is 0. The molecule has 5 rings (SSSR count). The van der Waals surface area contributed by atoms with E-state index in [1.165, 1.54) is 25.3 Å². The molecule has 12 nitrogen and oxygen atoms in total. The largest absolute Gasteiger partial charge is 2.00 e. The van der Waals surface area contributed by atoms with Crippen LogP contribution in [0.3, 0.4) is 0 Å². The number of ether oxygens (including phenoxy) is 3. The number of nitrogens with two attached hydrogens (primary N) is 1. The summed E-state index contributed by atoms with van der Waals surface area (Å²) in [6.07, 6.45) is -5.12. The maximum Gasteiger partial charge on any atom is 2.00 e. The van der Waals surface area contributed by atoms with Crippen molar-refractivity contribution < 1.29 is 57.0 Å². The second-order valence-electron chi connectivity index (χ2n) is 10.2. The number of aliphatic hydroxyl groups is 3. The van der Waals surface area contributed by atoms with Crippen molar-refractivity contribution in [1.82, 2.24) is 0 Å². The van der Waals surface area contributed by atoms with E-state index in [9.17, 15) is 39.9 Å². The zero-order chi connectivity index (χ0) is 28.4. The molecule has 0 aromatic heterocycles. The Bertz CT molecular complexity index is 1410. The molecule has 6 atom stereocenters. The number of rotatable bonds is 5. The maximum atomic E-state index is 13.6. The van der Waals surface area contributed by atoms with E-state index in [2.05, 4.69) is 0 Å².